The summed E-state index contributed by atoms with van der Waals surface area (Å²) < 4.78 is 34.8. The number of nitrogens with zero attached hydrogens (tertiary/aromatic N) is 1. The smallest absolute Gasteiger partial charge is 0.263 e. The summed E-state index contributed by atoms with van der Waals surface area (Å²) in [5.41, 5.74) is 6.52. The molecule has 1 aliphatic rings. The summed E-state index contributed by atoms with van der Waals surface area (Å²) in [5.74, 6) is 0.819. The van der Waals surface area contributed by atoms with E-state index in [1.807, 2.05) is 36.4 Å². The van der Waals surface area contributed by atoms with Crippen LogP contribution in [0.3, 0.4) is 0 Å². The molecular formula is C22H19Br2N3O3S. The van der Waals surface area contributed by atoms with Crippen LogP contribution < -0.4 is 14.9 Å². The molecule has 9 heteroatoms. The van der Waals surface area contributed by atoms with Crippen LogP contribution in [0.15, 0.2) is 85.7 Å². The third-order valence-corrected chi connectivity index (χ3v) is 7.79. The zero-order chi connectivity index (χ0) is 22.0. The number of benzene rings is 3. The summed E-state index contributed by atoms with van der Waals surface area (Å²) in [5, 5.41) is 4.47. The minimum absolute atomic E-state index is 0.0261. The minimum atomic E-state index is -3.73. The standard InChI is InChI=1S/C22H19Br2N3O3S/c1-30-21-5-3-2-4-17(21)20-13-19(25-26-20)14-6-9-16(10-7-14)27-31(28,29)22-12-15(23)8-11-18(22)24/h2-12,20,26-27H,13H2,1H3. The molecule has 0 spiro atoms. The Balaban J connectivity index is 1.48. The third-order valence-electron chi connectivity index (χ3n) is 4.92. The average molecular weight is 565 g/mol. The Morgan fingerprint density at radius 2 is 1.81 bits per heavy atom. The van der Waals surface area contributed by atoms with E-state index in [4.69, 9.17) is 4.74 Å². The lowest BCUT2D eigenvalue weighted by Crippen LogP contribution is -2.13. The summed E-state index contributed by atoms with van der Waals surface area (Å²) >= 11 is 6.61. The lowest BCUT2D eigenvalue weighted by atomic mass is 9.98. The maximum atomic E-state index is 12.8. The number of rotatable bonds is 6. The van der Waals surface area contributed by atoms with Gasteiger partial charge < -0.3 is 10.2 Å². The summed E-state index contributed by atoms with van der Waals surface area (Å²) in [7, 11) is -2.08. The molecule has 1 heterocycles. The minimum Gasteiger partial charge on any atom is -0.496 e. The van der Waals surface area contributed by atoms with Gasteiger partial charge in [-0.05, 0) is 57.9 Å². The second kappa shape index (κ2) is 9.02. The molecule has 0 saturated carbocycles. The van der Waals surface area contributed by atoms with Gasteiger partial charge in [0.25, 0.3) is 10.0 Å². The molecule has 0 amide bonds. The molecule has 6 nitrogen and oxygen atoms in total. The fraction of sp³-hybridized carbons (Fsp3) is 0.136. The van der Waals surface area contributed by atoms with Gasteiger partial charge in [0.2, 0.25) is 0 Å². The Bertz CT molecular complexity index is 1250. The van der Waals surface area contributed by atoms with Crippen molar-refractivity contribution in [3.63, 3.8) is 0 Å². The van der Waals surface area contributed by atoms with Crippen molar-refractivity contribution in [1.82, 2.24) is 5.43 Å². The van der Waals surface area contributed by atoms with Gasteiger partial charge in [0, 0.05) is 26.6 Å². The number of hydrogen-bond acceptors (Lipinski definition) is 5. The molecule has 2 N–H and O–H groups in total. The van der Waals surface area contributed by atoms with Gasteiger partial charge >= 0.3 is 0 Å². The number of para-hydroxylation sites is 1. The highest BCUT2D eigenvalue weighted by molar-refractivity contribution is 9.11. The molecule has 3 aromatic carbocycles. The fourth-order valence-electron chi connectivity index (χ4n) is 3.38. The van der Waals surface area contributed by atoms with Gasteiger partial charge in [-0.2, -0.15) is 5.10 Å². The zero-order valence-electron chi connectivity index (χ0n) is 16.5. The fourth-order valence-corrected chi connectivity index (χ4v) is 5.94. The van der Waals surface area contributed by atoms with Crippen LogP contribution in [0.2, 0.25) is 0 Å². The van der Waals surface area contributed by atoms with Crippen molar-refractivity contribution in [1.29, 1.82) is 0 Å². The topological polar surface area (TPSA) is 79.8 Å². The van der Waals surface area contributed by atoms with Gasteiger partial charge in [0.1, 0.15) is 10.6 Å². The van der Waals surface area contributed by atoms with Crippen LogP contribution in [0.5, 0.6) is 5.75 Å². The van der Waals surface area contributed by atoms with Crippen LogP contribution in [0.4, 0.5) is 5.69 Å². The molecule has 1 unspecified atom stereocenters. The molecule has 1 atom stereocenters. The molecule has 31 heavy (non-hydrogen) atoms. The van der Waals surface area contributed by atoms with E-state index in [2.05, 4.69) is 47.1 Å². The number of nitrogens with one attached hydrogen (secondary N) is 2. The van der Waals surface area contributed by atoms with Crippen molar-refractivity contribution in [3.8, 4) is 5.75 Å². The van der Waals surface area contributed by atoms with E-state index >= 15 is 0 Å². The average Bonchev–Trinajstić information content (AvgIpc) is 3.25. The van der Waals surface area contributed by atoms with Crippen molar-refractivity contribution in [2.75, 3.05) is 11.8 Å². The van der Waals surface area contributed by atoms with Crippen molar-refractivity contribution < 1.29 is 13.2 Å². The number of sulfonamides is 1. The van der Waals surface area contributed by atoms with E-state index in [9.17, 15) is 8.42 Å². The molecule has 0 bridgehead atoms. The van der Waals surface area contributed by atoms with Gasteiger partial charge in [-0.1, -0.05) is 46.3 Å². The number of hydrogen-bond donors (Lipinski definition) is 2. The predicted molar refractivity (Wildman–Crippen MR) is 129 cm³/mol. The predicted octanol–water partition coefficient (Wildman–Crippen LogP) is 5.46. The van der Waals surface area contributed by atoms with Crippen molar-refractivity contribution in [2.45, 2.75) is 17.4 Å². The summed E-state index contributed by atoms with van der Waals surface area (Å²) in [6.07, 6.45) is 0.705. The number of hydrazone groups is 1. The van der Waals surface area contributed by atoms with Gasteiger partial charge in [0.05, 0.1) is 18.9 Å². The largest absolute Gasteiger partial charge is 0.496 e. The van der Waals surface area contributed by atoms with Crippen molar-refractivity contribution >= 4 is 53.3 Å². The van der Waals surface area contributed by atoms with Crippen LogP contribution in [0, 0.1) is 0 Å². The van der Waals surface area contributed by atoms with Crippen molar-refractivity contribution in [2.24, 2.45) is 5.10 Å². The third kappa shape index (κ3) is 4.78. The highest BCUT2D eigenvalue weighted by Crippen LogP contribution is 2.32. The molecular weight excluding hydrogens is 546 g/mol. The Morgan fingerprint density at radius 1 is 1.06 bits per heavy atom. The first kappa shape index (κ1) is 21.9. The molecule has 0 aliphatic carbocycles. The maximum absolute atomic E-state index is 12.8. The van der Waals surface area contributed by atoms with Crippen LogP contribution >= 0.6 is 31.9 Å². The van der Waals surface area contributed by atoms with Gasteiger partial charge in [-0.15, -0.1) is 0 Å². The van der Waals surface area contributed by atoms with E-state index in [0.717, 1.165) is 22.6 Å². The molecule has 0 saturated heterocycles. The Hall–Kier alpha value is -2.36. The molecule has 0 fully saturated rings. The van der Waals surface area contributed by atoms with E-state index in [-0.39, 0.29) is 10.9 Å². The van der Waals surface area contributed by atoms with Crippen molar-refractivity contribution in [3.05, 3.63) is 86.8 Å². The SMILES string of the molecule is COc1ccccc1C1CC(c2ccc(NS(=O)(=O)c3cc(Br)ccc3Br)cc2)=NN1. The molecule has 3 aromatic rings. The number of methoxy groups -OCH3 is 1. The van der Waals surface area contributed by atoms with Crippen LogP contribution in [-0.2, 0) is 10.0 Å². The highest BCUT2D eigenvalue weighted by Gasteiger charge is 2.24. The molecule has 0 aromatic heterocycles. The van der Waals surface area contributed by atoms with Crippen LogP contribution in [-0.4, -0.2) is 21.2 Å². The van der Waals surface area contributed by atoms with E-state index in [0.29, 0.717) is 21.1 Å². The maximum Gasteiger partial charge on any atom is 0.263 e. The Labute approximate surface area is 198 Å². The lowest BCUT2D eigenvalue weighted by Gasteiger charge is -2.14. The summed E-state index contributed by atoms with van der Waals surface area (Å²) in [6.45, 7) is 0. The van der Waals surface area contributed by atoms with Gasteiger partial charge in [-0.25, -0.2) is 8.42 Å². The second-order valence-electron chi connectivity index (χ2n) is 6.94. The first-order valence-electron chi connectivity index (χ1n) is 9.41. The Kier molecular flexibility index (Phi) is 6.36. The molecule has 0 radical (unpaired) electrons. The quantitative estimate of drug-likeness (QED) is 0.416. The monoisotopic (exact) mass is 563 g/mol. The van der Waals surface area contributed by atoms with E-state index < -0.39 is 10.0 Å². The summed E-state index contributed by atoms with van der Waals surface area (Å²) in [6, 6.07) is 20.1. The van der Waals surface area contributed by atoms with E-state index in [1.54, 1.807) is 37.4 Å². The number of anilines is 1. The first-order valence-corrected chi connectivity index (χ1v) is 12.5. The second-order valence-corrected chi connectivity index (χ2v) is 10.4. The number of halogens is 2. The highest BCUT2D eigenvalue weighted by atomic mass is 79.9. The lowest BCUT2D eigenvalue weighted by molar-refractivity contribution is 0.402. The number of ether oxygens (including phenoxy) is 1. The van der Waals surface area contributed by atoms with Crippen LogP contribution in [0.25, 0.3) is 0 Å². The molecule has 160 valence electrons. The van der Waals surface area contributed by atoms with E-state index in [1.165, 1.54) is 0 Å². The van der Waals surface area contributed by atoms with Gasteiger partial charge in [0.15, 0.2) is 0 Å². The normalized spacial score (nSPS) is 15.8. The first-order chi connectivity index (χ1) is 14.9. The zero-order valence-corrected chi connectivity index (χ0v) is 20.5. The van der Waals surface area contributed by atoms with Gasteiger partial charge in [-0.3, -0.25) is 4.72 Å². The Morgan fingerprint density at radius 3 is 2.55 bits per heavy atom. The molecule has 4 rings (SSSR count). The molecule has 1 aliphatic heterocycles. The van der Waals surface area contributed by atoms with Crippen LogP contribution in [0.1, 0.15) is 23.6 Å². The summed E-state index contributed by atoms with van der Waals surface area (Å²) in [4.78, 5) is 0.162.